The van der Waals surface area contributed by atoms with E-state index in [2.05, 4.69) is 10.1 Å². The lowest BCUT2D eigenvalue weighted by atomic mass is 10.1. The van der Waals surface area contributed by atoms with Gasteiger partial charge in [-0.05, 0) is 31.2 Å². The topological polar surface area (TPSA) is 77.7 Å². The van der Waals surface area contributed by atoms with Gasteiger partial charge in [0.15, 0.2) is 5.82 Å². The number of benzene rings is 2. The largest absolute Gasteiger partial charge is 0.496 e. The number of anilines is 1. The Labute approximate surface area is 162 Å². The minimum absolute atomic E-state index is 0.0146. The van der Waals surface area contributed by atoms with E-state index in [1.165, 1.54) is 0 Å². The number of amides is 1. The molecular weight excluding hydrogens is 358 g/mol. The number of nitrogens with zero attached hydrogens (tertiary/aromatic N) is 3. The highest BCUT2D eigenvalue weighted by molar-refractivity contribution is 5.97. The van der Waals surface area contributed by atoms with Crippen molar-refractivity contribution in [2.75, 3.05) is 25.2 Å². The van der Waals surface area contributed by atoms with Crippen molar-refractivity contribution in [2.24, 2.45) is 0 Å². The first-order valence-corrected chi connectivity index (χ1v) is 9.20. The molecule has 1 saturated heterocycles. The average Bonchev–Trinajstić information content (AvgIpc) is 3.35. The van der Waals surface area contributed by atoms with Crippen LogP contribution >= 0.6 is 0 Å². The summed E-state index contributed by atoms with van der Waals surface area (Å²) in [5.74, 6) is 2.13. The zero-order valence-electron chi connectivity index (χ0n) is 15.8. The lowest BCUT2D eigenvalue weighted by molar-refractivity contribution is -0.117. The van der Waals surface area contributed by atoms with E-state index in [1.54, 1.807) is 12.0 Å². The van der Waals surface area contributed by atoms with E-state index in [9.17, 15) is 4.79 Å². The third-order valence-corrected chi connectivity index (χ3v) is 4.73. The van der Waals surface area contributed by atoms with Crippen LogP contribution < -0.4 is 14.4 Å². The summed E-state index contributed by atoms with van der Waals surface area (Å²) in [6.45, 7) is 2.94. The maximum atomic E-state index is 12.7. The van der Waals surface area contributed by atoms with Gasteiger partial charge in [0.25, 0.3) is 5.89 Å². The van der Waals surface area contributed by atoms with E-state index in [1.807, 2.05) is 55.5 Å². The Kier molecular flexibility index (Phi) is 4.97. The molecule has 0 bridgehead atoms. The van der Waals surface area contributed by atoms with Crippen LogP contribution in [0.4, 0.5) is 5.69 Å². The minimum Gasteiger partial charge on any atom is -0.496 e. The minimum atomic E-state index is -0.144. The van der Waals surface area contributed by atoms with Crippen LogP contribution in [-0.4, -0.2) is 36.3 Å². The van der Waals surface area contributed by atoms with Crippen molar-refractivity contribution in [3.63, 3.8) is 0 Å². The standard InChI is InChI=1S/C21H21N3O4/c1-3-27-18-11-7-5-9-16(18)24-13-14(12-19(24)25)20-22-21(28-23-20)15-8-4-6-10-17(15)26-2/h4-11,14H,3,12-13H2,1-2H3. The van der Waals surface area contributed by atoms with Crippen molar-refractivity contribution in [2.45, 2.75) is 19.3 Å². The smallest absolute Gasteiger partial charge is 0.261 e. The first-order chi connectivity index (χ1) is 13.7. The molecule has 1 atom stereocenters. The molecule has 4 rings (SSSR count). The van der Waals surface area contributed by atoms with Gasteiger partial charge in [-0.1, -0.05) is 29.4 Å². The summed E-state index contributed by atoms with van der Waals surface area (Å²) in [7, 11) is 1.60. The van der Waals surface area contributed by atoms with Crippen LogP contribution in [0.1, 0.15) is 25.1 Å². The summed E-state index contributed by atoms with van der Waals surface area (Å²) in [5.41, 5.74) is 1.50. The quantitative estimate of drug-likeness (QED) is 0.650. The number of hydrogen-bond donors (Lipinski definition) is 0. The lowest BCUT2D eigenvalue weighted by Gasteiger charge is -2.19. The summed E-state index contributed by atoms with van der Waals surface area (Å²) < 4.78 is 16.5. The molecule has 2 aromatic carbocycles. The third-order valence-electron chi connectivity index (χ3n) is 4.73. The van der Waals surface area contributed by atoms with Gasteiger partial charge in [0.2, 0.25) is 5.91 Å². The van der Waals surface area contributed by atoms with Gasteiger partial charge < -0.3 is 18.9 Å². The monoisotopic (exact) mass is 379 g/mol. The molecule has 1 aromatic heterocycles. The van der Waals surface area contributed by atoms with Gasteiger partial charge in [0.05, 0.1) is 25.0 Å². The number of carbonyl (C=O) groups excluding carboxylic acids is 1. The highest BCUT2D eigenvalue weighted by Crippen LogP contribution is 2.36. The summed E-state index contributed by atoms with van der Waals surface area (Å²) in [6.07, 6.45) is 0.325. The highest BCUT2D eigenvalue weighted by atomic mass is 16.5. The van der Waals surface area contributed by atoms with Crippen molar-refractivity contribution in [1.29, 1.82) is 0 Å². The van der Waals surface area contributed by atoms with Gasteiger partial charge in [-0.25, -0.2) is 0 Å². The maximum absolute atomic E-state index is 12.7. The highest BCUT2D eigenvalue weighted by Gasteiger charge is 2.36. The number of ether oxygens (including phenoxy) is 2. The van der Waals surface area contributed by atoms with E-state index in [4.69, 9.17) is 14.0 Å². The molecule has 3 aromatic rings. The molecule has 1 amide bonds. The van der Waals surface area contributed by atoms with E-state index in [0.29, 0.717) is 42.8 Å². The van der Waals surface area contributed by atoms with Crippen LogP contribution in [-0.2, 0) is 4.79 Å². The molecule has 0 aliphatic carbocycles. The van der Waals surface area contributed by atoms with Gasteiger partial charge in [-0.15, -0.1) is 0 Å². The van der Waals surface area contributed by atoms with E-state index in [0.717, 1.165) is 11.3 Å². The number of hydrogen-bond acceptors (Lipinski definition) is 6. The normalized spacial score (nSPS) is 16.4. The predicted octanol–water partition coefficient (Wildman–Crippen LogP) is 3.66. The second kappa shape index (κ2) is 7.72. The summed E-state index contributed by atoms with van der Waals surface area (Å²) >= 11 is 0. The number of rotatable bonds is 6. The molecule has 7 nitrogen and oxygen atoms in total. The van der Waals surface area contributed by atoms with Crippen molar-refractivity contribution in [3.05, 3.63) is 54.4 Å². The lowest BCUT2D eigenvalue weighted by Crippen LogP contribution is -2.25. The number of aromatic nitrogens is 2. The second-order valence-corrected chi connectivity index (χ2v) is 6.46. The van der Waals surface area contributed by atoms with E-state index < -0.39 is 0 Å². The molecular formula is C21H21N3O4. The first kappa shape index (κ1) is 18.0. The Bertz CT molecular complexity index is 985. The Balaban J connectivity index is 1.58. The molecule has 1 aliphatic heterocycles. The second-order valence-electron chi connectivity index (χ2n) is 6.46. The first-order valence-electron chi connectivity index (χ1n) is 9.20. The molecule has 1 aliphatic rings. The molecule has 0 spiro atoms. The Hall–Kier alpha value is -3.35. The van der Waals surface area contributed by atoms with Crippen LogP contribution in [0, 0.1) is 0 Å². The van der Waals surface area contributed by atoms with Gasteiger partial charge in [0, 0.05) is 18.9 Å². The molecule has 1 fully saturated rings. The van der Waals surface area contributed by atoms with Crippen molar-refractivity contribution < 1.29 is 18.8 Å². The van der Waals surface area contributed by atoms with E-state index >= 15 is 0 Å². The Morgan fingerprint density at radius 3 is 2.68 bits per heavy atom. The van der Waals surface area contributed by atoms with Gasteiger partial charge in [-0.3, -0.25) is 4.79 Å². The summed E-state index contributed by atoms with van der Waals surface area (Å²) in [4.78, 5) is 18.9. The number of para-hydroxylation sites is 3. The van der Waals surface area contributed by atoms with Crippen LogP contribution in [0.25, 0.3) is 11.5 Å². The van der Waals surface area contributed by atoms with Crippen molar-refractivity contribution >= 4 is 11.6 Å². The predicted molar refractivity (Wildman–Crippen MR) is 104 cm³/mol. The molecule has 1 unspecified atom stereocenters. The van der Waals surface area contributed by atoms with Gasteiger partial charge in [-0.2, -0.15) is 4.98 Å². The van der Waals surface area contributed by atoms with Gasteiger partial charge in [0.1, 0.15) is 11.5 Å². The Morgan fingerprint density at radius 2 is 1.89 bits per heavy atom. The average molecular weight is 379 g/mol. The molecule has 144 valence electrons. The van der Waals surface area contributed by atoms with E-state index in [-0.39, 0.29) is 11.8 Å². The van der Waals surface area contributed by atoms with Crippen LogP contribution in [0.3, 0.4) is 0 Å². The molecule has 28 heavy (non-hydrogen) atoms. The maximum Gasteiger partial charge on any atom is 0.261 e. The number of carbonyl (C=O) groups is 1. The molecule has 0 saturated carbocycles. The summed E-state index contributed by atoms with van der Waals surface area (Å²) in [6, 6.07) is 15.0. The summed E-state index contributed by atoms with van der Waals surface area (Å²) in [5, 5.41) is 4.12. The van der Waals surface area contributed by atoms with Crippen LogP contribution in [0.5, 0.6) is 11.5 Å². The molecule has 0 radical (unpaired) electrons. The van der Waals surface area contributed by atoms with Crippen molar-refractivity contribution in [1.82, 2.24) is 10.1 Å². The van der Waals surface area contributed by atoms with Crippen LogP contribution in [0.15, 0.2) is 53.1 Å². The molecule has 2 heterocycles. The SMILES string of the molecule is CCOc1ccccc1N1CC(c2noc(-c3ccccc3OC)n2)CC1=O. The van der Waals surface area contributed by atoms with Gasteiger partial charge >= 0.3 is 0 Å². The van der Waals surface area contributed by atoms with Crippen LogP contribution in [0.2, 0.25) is 0 Å². The zero-order valence-corrected chi connectivity index (χ0v) is 15.8. The molecule has 7 heteroatoms. The Morgan fingerprint density at radius 1 is 1.14 bits per heavy atom. The fourth-order valence-electron chi connectivity index (χ4n) is 3.40. The fraction of sp³-hybridized carbons (Fsp3) is 0.286. The zero-order chi connectivity index (χ0) is 19.5. The molecule has 0 N–H and O–H groups in total. The third kappa shape index (κ3) is 3.31. The fourth-order valence-corrected chi connectivity index (χ4v) is 3.40. The van der Waals surface area contributed by atoms with Crippen molar-refractivity contribution in [3.8, 4) is 23.0 Å². The number of methoxy groups -OCH3 is 1.